The Kier molecular flexibility index (Phi) is 4.83. The van der Waals surface area contributed by atoms with Crippen LogP contribution in [0.5, 0.6) is 0 Å². The van der Waals surface area contributed by atoms with Crippen LogP contribution in [0.1, 0.15) is 39.5 Å². The van der Waals surface area contributed by atoms with E-state index >= 15 is 0 Å². The van der Waals surface area contributed by atoms with Gasteiger partial charge in [0.05, 0.1) is 0 Å². The summed E-state index contributed by atoms with van der Waals surface area (Å²) in [5.41, 5.74) is 0. The zero-order chi connectivity index (χ0) is 12.3. The molecule has 0 saturated carbocycles. The first-order chi connectivity index (χ1) is 8.20. The zero-order valence-electron chi connectivity index (χ0n) is 11.8. The fraction of sp³-hybridized carbons (Fsp3) is 1.00. The Morgan fingerprint density at radius 3 is 2.82 bits per heavy atom. The van der Waals surface area contributed by atoms with Gasteiger partial charge in [0.25, 0.3) is 0 Å². The Balaban J connectivity index is 1.91. The van der Waals surface area contributed by atoms with Crippen LogP contribution in [0.25, 0.3) is 0 Å². The lowest BCUT2D eigenvalue weighted by molar-refractivity contribution is 0.0863. The van der Waals surface area contributed by atoms with Crippen molar-refractivity contribution in [1.82, 2.24) is 15.1 Å². The fourth-order valence-electron chi connectivity index (χ4n) is 3.23. The summed E-state index contributed by atoms with van der Waals surface area (Å²) in [7, 11) is 2.26. The van der Waals surface area contributed by atoms with Crippen molar-refractivity contribution in [2.75, 3.05) is 33.2 Å². The van der Waals surface area contributed by atoms with Crippen LogP contribution in [0.3, 0.4) is 0 Å². The van der Waals surface area contributed by atoms with Gasteiger partial charge in [-0.1, -0.05) is 6.92 Å². The van der Waals surface area contributed by atoms with Crippen molar-refractivity contribution >= 4 is 0 Å². The highest BCUT2D eigenvalue weighted by atomic mass is 15.2. The Labute approximate surface area is 107 Å². The zero-order valence-corrected chi connectivity index (χ0v) is 11.8. The van der Waals surface area contributed by atoms with Gasteiger partial charge in [0.1, 0.15) is 0 Å². The Bertz CT molecular complexity index is 232. The second-order valence-electron chi connectivity index (χ2n) is 5.92. The van der Waals surface area contributed by atoms with Crippen LogP contribution in [0.2, 0.25) is 0 Å². The third kappa shape index (κ3) is 3.43. The van der Waals surface area contributed by atoms with Crippen LogP contribution in [0.4, 0.5) is 0 Å². The Hall–Kier alpha value is -0.120. The van der Waals surface area contributed by atoms with Crippen LogP contribution in [0, 0.1) is 0 Å². The van der Waals surface area contributed by atoms with Crippen LogP contribution in [-0.2, 0) is 0 Å². The molecular formula is C14H29N3. The summed E-state index contributed by atoms with van der Waals surface area (Å²) in [6.07, 6.45) is 5.29. The van der Waals surface area contributed by atoms with Crippen molar-refractivity contribution in [2.24, 2.45) is 0 Å². The third-order valence-corrected chi connectivity index (χ3v) is 4.70. The molecular weight excluding hydrogens is 210 g/mol. The number of nitrogens with zero attached hydrogens (tertiary/aromatic N) is 2. The van der Waals surface area contributed by atoms with Gasteiger partial charge in [-0.05, 0) is 59.3 Å². The predicted octanol–water partition coefficient (Wildman–Crippen LogP) is 1.54. The smallest absolute Gasteiger partial charge is 0.0192 e. The molecule has 2 rings (SSSR count). The maximum absolute atomic E-state index is 3.67. The summed E-state index contributed by atoms with van der Waals surface area (Å²) >= 11 is 0. The van der Waals surface area contributed by atoms with Crippen molar-refractivity contribution in [3.8, 4) is 0 Å². The van der Waals surface area contributed by atoms with Crippen molar-refractivity contribution in [1.29, 1.82) is 0 Å². The van der Waals surface area contributed by atoms with E-state index in [0.29, 0.717) is 6.04 Å². The molecule has 100 valence electrons. The van der Waals surface area contributed by atoms with Crippen molar-refractivity contribution < 1.29 is 0 Å². The van der Waals surface area contributed by atoms with Gasteiger partial charge >= 0.3 is 0 Å². The van der Waals surface area contributed by atoms with E-state index < -0.39 is 0 Å². The minimum absolute atomic E-state index is 0.715. The molecule has 2 aliphatic rings. The molecule has 3 nitrogen and oxygen atoms in total. The molecule has 0 aromatic carbocycles. The topological polar surface area (TPSA) is 18.5 Å². The van der Waals surface area contributed by atoms with E-state index in [-0.39, 0.29) is 0 Å². The van der Waals surface area contributed by atoms with Gasteiger partial charge in [-0.3, -0.25) is 4.90 Å². The van der Waals surface area contributed by atoms with Gasteiger partial charge in [0, 0.05) is 24.7 Å². The minimum Gasteiger partial charge on any atom is -0.313 e. The van der Waals surface area contributed by atoms with Gasteiger partial charge in [-0.2, -0.15) is 0 Å². The molecule has 0 radical (unpaired) electrons. The van der Waals surface area contributed by atoms with Crippen LogP contribution in [-0.4, -0.2) is 61.2 Å². The number of hydrogen-bond acceptors (Lipinski definition) is 3. The van der Waals surface area contributed by atoms with E-state index in [0.717, 1.165) is 12.1 Å². The van der Waals surface area contributed by atoms with E-state index in [1.54, 1.807) is 0 Å². The first-order valence-electron chi connectivity index (χ1n) is 7.38. The normalized spacial score (nSPS) is 37.9. The summed E-state index contributed by atoms with van der Waals surface area (Å²) in [4.78, 5) is 5.27. The minimum atomic E-state index is 0.715. The lowest BCUT2D eigenvalue weighted by Gasteiger charge is -2.41. The molecule has 2 fully saturated rings. The maximum Gasteiger partial charge on any atom is 0.0192 e. The van der Waals surface area contributed by atoms with E-state index in [1.807, 2.05) is 0 Å². The highest BCUT2D eigenvalue weighted by Gasteiger charge is 2.29. The van der Waals surface area contributed by atoms with Crippen molar-refractivity contribution in [2.45, 2.75) is 57.7 Å². The van der Waals surface area contributed by atoms with Gasteiger partial charge in [-0.15, -0.1) is 0 Å². The molecule has 2 aliphatic heterocycles. The molecule has 0 bridgehead atoms. The summed E-state index contributed by atoms with van der Waals surface area (Å²) in [6, 6.07) is 2.30. The Morgan fingerprint density at radius 2 is 2.12 bits per heavy atom. The molecule has 3 heteroatoms. The Morgan fingerprint density at radius 1 is 1.29 bits per heavy atom. The second kappa shape index (κ2) is 6.17. The maximum atomic E-state index is 3.67. The number of nitrogens with one attached hydrogen (secondary N) is 1. The molecule has 2 heterocycles. The molecule has 0 amide bonds. The molecule has 0 aliphatic carbocycles. The second-order valence-corrected chi connectivity index (χ2v) is 5.92. The van der Waals surface area contributed by atoms with E-state index in [2.05, 4.69) is 36.0 Å². The lowest BCUT2D eigenvalue weighted by atomic mass is 9.97. The van der Waals surface area contributed by atoms with Gasteiger partial charge in [0.2, 0.25) is 0 Å². The van der Waals surface area contributed by atoms with Crippen molar-refractivity contribution in [3.05, 3.63) is 0 Å². The van der Waals surface area contributed by atoms with Gasteiger partial charge in [0.15, 0.2) is 0 Å². The number of rotatable bonds is 2. The molecule has 3 atom stereocenters. The third-order valence-electron chi connectivity index (χ3n) is 4.70. The SMILES string of the molecule is CCC1CN(C2CCN(C)C(C)C2)CCCN1. The van der Waals surface area contributed by atoms with Crippen molar-refractivity contribution in [3.63, 3.8) is 0 Å². The van der Waals surface area contributed by atoms with Crippen LogP contribution < -0.4 is 5.32 Å². The standard InChI is InChI=1S/C14H29N3/c1-4-13-11-17(8-5-7-15-13)14-6-9-16(3)12(2)10-14/h12-15H,4-11H2,1-3H3. The summed E-state index contributed by atoms with van der Waals surface area (Å²) in [5, 5.41) is 3.67. The van der Waals surface area contributed by atoms with E-state index in [4.69, 9.17) is 0 Å². The number of hydrogen-bond donors (Lipinski definition) is 1. The van der Waals surface area contributed by atoms with E-state index in [1.165, 1.54) is 51.9 Å². The van der Waals surface area contributed by atoms with Gasteiger partial charge < -0.3 is 10.2 Å². The highest BCUT2D eigenvalue weighted by molar-refractivity contribution is 4.86. The molecule has 0 aromatic rings. The first kappa shape index (κ1) is 13.3. The largest absolute Gasteiger partial charge is 0.313 e. The molecule has 17 heavy (non-hydrogen) atoms. The molecule has 0 spiro atoms. The lowest BCUT2D eigenvalue weighted by Crippen LogP contribution is -2.49. The predicted molar refractivity (Wildman–Crippen MR) is 73.4 cm³/mol. The van der Waals surface area contributed by atoms with Crippen LogP contribution in [0.15, 0.2) is 0 Å². The quantitative estimate of drug-likeness (QED) is 0.788. The molecule has 3 unspecified atom stereocenters. The first-order valence-corrected chi connectivity index (χ1v) is 7.38. The molecule has 2 saturated heterocycles. The molecule has 1 N–H and O–H groups in total. The highest BCUT2D eigenvalue weighted by Crippen LogP contribution is 2.22. The van der Waals surface area contributed by atoms with E-state index in [9.17, 15) is 0 Å². The van der Waals surface area contributed by atoms with Crippen LogP contribution >= 0.6 is 0 Å². The average Bonchev–Trinajstić information content (AvgIpc) is 2.58. The monoisotopic (exact) mass is 239 g/mol. The number of piperidine rings is 1. The molecule has 0 aromatic heterocycles. The average molecular weight is 239 g/mol. The van der Waals surface area contributed by atoms with Gasteiger partial charge in [-0.25, -0.2) is 0 Å². The number of likely N-dealkylation sites (tertiary alicyclic amines) is 1. The summed E-state index contributed by atoms with van der Waals surface area (Å²) < 4.78 is 0. The fourth-order valence-corrected chi connectivity index (χ4v) is 3.23. The summed E-state index contributed by atoms with van der Waals surface area (Å²) in [5.74, 6) is 0. The summed E-state index contributed by atoms with van der Waals surface area (Å²) in [6.45, 7) is 9.71.